The number of amidine groups is 1. The summed E-state index contributed by atoms with van der Waals surface area (Å²) < 4.78 is 42.6. The van der Waals surface area contributed by atoms with E-state index in [4.69, 9.17) is 15.9 Å². The van der Waals surface area contributed by atoms with E-state index >= 15 is 0 Å². The van der Waals surface area contributed by atoms with Crippen LogP contribution in [0.2, 0.25) is 0 Å². The van der Waals surface area contributed by atoms with Crippen LogP contribution in [0, 0.1) is 5.41 Å². The third kappa shape index (κ3) is 3.95. The number of nitrogens with one attached hydrogen (secondary N) is 1. The molecule has 4 nitrogen and oxygen atoms in total. The van der Waals surface area contributed by atoms with Gasteiger partial charge in [0, 0.05) is 6.20 Å². The van der Waals surface area contributed by atoms with E-state index in [0.29, 0.717) is 11.4 Å². The van der Waals surface area contributed by atoms with E-state index in [0.717, 1.165) is 17.7 Å². The van der Waals surface area contributed by atoms with Crippen molar-refractivity contribution in [1.82, 2.24) is 4.98 Å². The molecule has 7 heteroatoms. The Kier molecular flexibility index (Phi) is 4.11. The van der Waals surface area contributed by atoms with Crippen LogP contribution in [0.15, 0.2) is 42.6 Å². The van der Waals surface area contributed by atoms with Crippen molar-refractivity contribution in [2.45, 2.75) is 12.8 Å². The molecule has 3 N–H and O–H groups in total. The zero-order valence-electron chi connectivity index (χ0n) is 10.8. The number of hydrogen-bond acceptors (Lipinski definition) is 3. The Morgan fingerprint density at radius 3 is 2.43 bits per heavy atom. The van der Waals surface area contributed by atoms with Crippen LogP contribution in [0.5, 0.6) is 5.75 Å². The van der Waals surface area contributed by atoms with E-state index in [-0.39, 0.29) is 12.4 Å². The molecule has 0 aliphatic rings. The van der Waals surface area contributed by atoms with Gasteiger partial charge >= 0.3 is 6.18 Å². The second-order valence-corrected chi connectivity index (χ2v) is 4.27. The van der Waals surface area contributed by atoms with Crippen molar-refractivity contribution in [2.24, 2.45) is 5.73 Å². The molecule has 0 saturated carbocycles. The van der Waals surface area contributed by atoms with Crippen LogP contribution in [0.3, 0.4) is 0 Å². The van der Waals surface area contributed by atoms with Gasteiger partial charge in [-0.2, -0.15) is 13.2 Å². The van der Waals surface area contributed by atoms with Crippen molar-refractivity contribution < 1.29 is 17.9 Å². The van der Waals surface area contributed by atoms with Crippen LogP contribution in [-0.4, -0.2) is 10.8 Å². The monoisotopic (exact) mass is 295 g/mol. The van der Waals surface area contributed by atoms with Gasteiger partial charge in [0.25, 0.3) is 0 Å². The zero-order valence-corrected chi connectivity index (χ0v) is 10.8. The van der Waals surface area contributed by atoms with Crippen molar-refractivity contribution >= 4 is 5.84 Å². The quantitative estimate of drug-likeness (QED) is 0.673. The average Bonchev–Trinajstić information content (AvgIpc) is 2.45. The van der Waals surface area contributed by atoms with Crippen LogP contribution >= 0.6 is 0 Å². The number of rotatable bonds is 4. The Morgan fingerprint density at radius 1 is 1.19 bits per heavy atom. The van der Waals surface area contributed by atoms with E-state index in [1.54, 1.807) is 12.1 Å². The van der Waals surface area contributed by atoms with Crippen LogP contribution < -0.4 is 10.5 Å². The minimum Gasteiger partial charge on any atom is -0.489 e. The number of nitrogen functional groups attached to an aromatic ring is 1. The fourth-order valence-electron chi connectivity index (χ4n) is 1.62. The molecule has 0 aliphatic carbocycles. The number of hydrogen-bond donors (Lipinski definition) is 2. The summed E-state index contributed by atoms with van der Waals surface area (Å²) in [5.74, 6) is 0.163. The molecule has 2 rings (SSSR count). The largest absolute Gasteiger partial charge is 0.489 e. The Morgan fingerprint density at radius 2 is 1.86 bits per heavy atom. The molecule has 2 aromatic rings. The van der Waals surface area contributed by atoms with E-state index in [2.05, 4.69) is 4.98 Å². The highest BCUT2D eigenvalue weighted by atomic mass is 19.4. The lowest BCUT2D eigenvalue weighted by atomic mass is 10.2. The van der Waals surface area contributed by atoms with Crippen molar-refractivity contribution in [3.05, 3.63) is 59.4 Å². The number of halogens is 3. The standard InChI is InChI=1S/C14H12F3N3O/c15-14(16,17)10-1-3-11(4-2-10)21-8-9-5-6-20-12(7-9)13(18)19/h1-7H,8H2,(H3,18,19). The Labute approximate surface area is 118 Å². The molecule has 110 valence electrons. The van der Waals surface area contributed by atoms with Gasteiger partial charge in [-0.05, 0) is 42.0 Å². The molecule has 0 bridgehead atoms. The number of benzene rings is 1. The summed E-state index contributed by atoms with van der Waals surface area (Å²) >= 11 is 0. The molecular formula is C14H12F3N3O. The first kappa shape index (κ1) is 14.8. The molecular weight excluding hydrogens is 283 g/mol. The van der Waals surface area contributed by atoms with E-state index in [9.17, 15) is 13.2 Å². The van der Waals surface area contributed by atoms with Crippen molar-refractivity contribution in [3.8, 4) is 5.75 Å². The molecule has 1 heterocycles. The van der Waals surface area contributed by atoms with Gasteiger partial charge in [0.1, 0.15) is 23.9 Å². The lowest BCUT2D eigenvalue weighted by Crippen LogP contribution is -2.13. The van der Waals surface area contributed by atoms with Crippen LogP contribution in [0.4, 0.5) is 13.2 Å². The molecule has 0 saturated heterocycles. The lowest BCUT2D eigenvalue weighted by molar-refractivity contribution is -0.137. The SMILES string of the molecule is N=C(N)c1cc(COc2ccc(C(F)(F)F)cc2)ccn1. The summed E-state index contributed by atoms with van der Waals surface area (Å²) in [6.45, 7) is 0.147. The number of aromatic nitrogens is 1. The molecule has 1 aromatic heterocycles. The molecule has 0 radical (unpaired) electrons. The van der Waals surface area contributed by atoms with Gasteiger partial charge in [0.2, 0.25) is 0 Å². The van der Waals surface area contributed by atoms with Gasteiger partial charge in [-0.3, -0.25) is 10.4 Å². The molecule has 0 amide bonds. The number of ether oxygens (including phenoxy) is 1. The second kappa shape index (κ2) is 5.82. The third-order valence-electron chi connectivity index (χ3n) is 2.69. The van der Waals surface area contributed by atoms with Crippen molar-refractivity contribution in [3.63, 3.8) is 0 Å². The summed E-state index contributed by atoms with van der Waals surface area (Å²) in [6, 6.07) is 7.71. The Hall–Kier alpha value is -2.57. The lowest BCUT2D eigenvalue weighted by Gasteiger charge is -2.09. The number of pyridine rings is 1. The van der Waals surface area contributed by atoms with E-state index in [1.165, 1.54) is 18.3 Å². The zero-order chi connectivity index (χ0) is 15.5. The number of alkyl halides is 3. The Bertz CT molecular complexity index is 639. The van der Waals surface area contributed by atoms with Gasteiger partial charge in [0.15, 0.2) is 0 Å². The molecule has 0 aliphatic heterocycles. The Balaban J connectivity index is 2.03. The highest BCUT2D eigenvalue weighted by Gasteiger charge is 2.29. The first-order chi connectivity index (χ1) is 9.86. The number of nitrogens with zero attached hydrogens (tertiary/aromatic N) is 1. The fourth-order valence-corrected chi connectivity index (χ4v) is 1.62. The first-order valence-corrected chi connectivity index (χ1v) is 5.95. The van der Waals surface area contributed by atoms with E-state index in [1.807, 2.05) is 0 Å². The summed E-state index contributed by atoms with van der Waals surface area (Å²) in [5, 5.41) is 7.28. The molecule has 0 spiro atoms. The van der Waals surface area contributed by atoms with Gasteiger partial charge < -0.3 is 10.5 Å². The van der Waals surface area contributed by atoms with Gasteiger partial charge in [0.05, 0.1) is 5.56 Å². The average molecular weight is 295 g/mol. The molecule has 0 atom stereocenters. The molecule has 0 fully saturated rings. The first-order valence-electron chi connectivity index (χ1n) is 5.95. The molecule has 21 heavy (non-hydrogen) atoms. The van der Waals surface area contributed by atoms with Crippen molar-refractivity contribution in [2.75, 3.05) is 0 Å². The second-order valence-electron chi connectivity index (χ2n) is 4.27. The topological polar surface area (TPSA) is 72.0 Å². The highest BCUT2D eigenvalue weighted by Crippen LogP contribution is 2.30. The smallest absolute Gasteiger partial charge is 0.416 e. The summed E-state index contributed by atoms with van der Waals surface area (Å²) in [5.41, 5.74) is 5.64. The molecule has 0 unspecified atom stereocenters. The normalized spacial score (nSPS) is 11.2. The summed E-state index contributed by atoms with van der Waals surface area (Å²) in [6.07, 6.45) is -2.87. The number of nitrogens with two attached hydrogens (primary N) is 1. The van der Waals surface area contributed by atoms with Gasteiger partial charge in [-0.15, -0.1) is 0 Å². The molecule has 1 aromatic carbocycles. The highest BCUT2D eigenvalue weighted by molar-refractivity contribution is 5.93. The predicted molar refractivity (Wildman–Crippen MR) is 71.0 cm³/mol. The van der Waals surface area contributed by atoms with E-state index < -0.39 is 11.7 Å². The summed E-state index contributed by atoms with van der Waals surface area (Å²) in [4.78, 5) is 3.90. The maximum absolute atomic E-state index is 12.4. The van der Waals surface area contributed by atoms with Gasteiger partial charge in [-0.1, -0.05) is 0 Å². The van der Waals surface area contributed by atoms with Crippen LogP contribution in [-0.2, 0) is 12.8 Å². The third-order valence-corrected chi connectivity index (χ3v) is 2.69. The van der Waals surface area contributed by atoms with Crippen molar-refractivity contribution in [1.29, 1.82) is 5.41 Å². The maximum Gasteiger partial charge on any atom is 0.416 e. The maximum atomic E-state index is 12.4. The van der Waals surface area contributed by atoms with Gasteiger partial charge in [-0.25, -0.2) is 0 Å². The fraction of sp³-hybridized carbons (Fsp3) is 0.143. The predicted octanol–water partition coefficient (Wildman–Crippen LogP) is 2.96. The van der Waals surface area contributed by atoms with Crippen LogP contribution in [0.25, 0.3) is 0 Å². The van der Waals surface area contributed by atoms with Crippen LogP contribution in [0.1, 0.15) is 16.8 Å². The summed E-state index contributed by atoms with van der Waals surface area (Å²) in [7, 11) is 0. The minimum absolute atomic E-state index is 0.147. The minimum atomic E-state index is -4.36.